The van der Waals surface area contributed by atoms with Gasteiger partial charge in [-0.2, -0.15) is 0 Å². The third-order valence-corrected chi connectivity index (χ3v) is 5.38. The molecule has 3 aliphatic heterocycles. The van der Waals surface area contributed by atoms with E-state index in [4.69, 9.17) is 0 Å². The van der Waals surface area contributed by atoms with Gasteiger partial charge in [-0.3, -0.25) is 9.69 Å². The van der Waals surface area contributed by atoms with Gasteiger partial charge in [-0.1, -0.05) is 0 Å². The highest BCUT2D eigenvalue weighted by atomic mass is 16.2. The average Bonchev–Trinajstić information content (AvgIpc) is 2.95. The summed E-state index contributed by atoms with van der Waals surface area (Å²) in [6, 6.07) is 0.198. The van der Waals surface area contributed by atoms with Crippen molar-refractivity contribution in [3.05, 3.63) is 0 Å². The molecule has 1 N–H and O–H groups in total. The van der Waals surface area contributed by atoms with Crippen molar-refractivity contribution < 1.29 is 9.59 Å². The molecule has 0 radical (unpaired) electrons. The maximum absolute atomic E-state index is 12.6. The van der Waals surface area contributed by atoms with Gasteiger partial charge in [-0.15, -0.1) is 0 Å². The first-order valence-electron chi connectivity index (χ1n) is 8.13. The molecular formula is C15H26N4O2. The van der Waals surface area contributed by atoms with Crippen molar-refractivity contribution in [2.45, 2.75) is 37.6 Å². The van der Waals surface area contributed by atoms with E-state index in [2.05, 4.69) is 17.3 Å². The van der Waals surface area contributed by atoms with Crippen molar-refractivity contribution in [3.63, 3.8) is 0 Å². The van der Waals surface area contributed by atoms with Crippen LogP contribution in [0.3, 0.4) is 0 Å². The fourth-order valence-electron chi connectivity index (χ4n) is 3.87. The summed E-state index contributed by atoms with van der Waals surface area (Å²) in [6.45, 7) is 4.97. The van der Waals surface area contributed by atoms with E-state index in [0.717, 1.165) is 65.0 Å². The lowest BCUT2D eigenvalue weighted by Crippen LogP contribution is -2.63. The molecule has 3 saturated heterocycles. The number of urea groups is 1. The van der Waals surface area contributed by atoms with Gasteiger partial charge in [0.15, 0.2) is 0 Å². The van der Waals surface area contributed by atoms with Crippen LogP contribution in [0.4, 0.5) is 4.79 Å². The molecule has 6 nitrogen and oxygen atoms in total. The number of hydrogen-bond donors (Lipinski definition) is 1. The molecule has 118 valence electrons. The van der Waals surface area contributed by atoms with Crippen LogP contribution in [0.5, 0.6) is 0 Å². The number of carbonyl (C=O) groups excluding carboxylic acids is 2. The second kappa shape index (κ2) is 5.83. The van der Waals surface area contributed by atoms with Gasteiger partial charge < -0.3 is 15.1 Å². The number of rotatable bonds is 0. The molecule has 3 aliphatic rings. The fraction of sp³-hybridized carbons (Fsp3) is 0.867. The van der Waals surface area contributed by atoms with E-state index in [0.29, 0.717) is 6.42 Å². The minimum Gasteiger partial charge on any atom is -0.356 e. The Kier molecular flexibility index (Phi) is 4.06. The van der Waals surface area contributed by atoms with E-state index in [1.54, 1.807) is 0 Å². The second-order valence-electron chi connectivity index (χ2n) is 6.64. The molecule has 0 unspecified atom stereocenters. The Morgan fingerprint density at radius 3 is 2.62 bits per heavy atom. The Morgan fingerprint density at radius 1 is 1.10 bits per heavy atom. The fourth-order valence-corrected chi connectivity index (χ4v) is 3.87. The minimum absolute atomic E-state index is 0.0349. The average molecular weight is 294 g/mol. The molecule has 0 aliphatic carbocycles. The summed E-state index contributed by atoms with van der Waals surface area (Å²) in [5, 5.41) is 2.96. The summed E-state index contributed by atoms with van der Waals surface area (Å²) < 4.78 is 0. The van der Waals surface area contributed by atoms with Crippen LogP contribution in [0.2, 0.25) is 0 Å². The Bertz CT molecular complexity index is 422. The van der Waals surface area contributed by atoms with Crippen LogP contribution in [0.25, 0.3) is 0 Å². The maximum Gasteiger partial charge on any atom is 0.320 e. The van der Waals surface area contributed by atoms with Crippen LogP contribution in [-0.4, -0.2) is 78.5 Å². The highest BCUT2D eigenvalue weighted by Gasteiger charge is 2.42. The SMILES string of the molecule is CN1CCN(C(=O)N2CCCC2)C[C@]12CCNC(=O)CC2. The summed E-state index contributed by atoms with van der Waals surface area (Å²) in [5.41, 5.74) is -0.0349. The van der Waals surface area contributed by atoms with Gasteiger partial charge in [0.1, 0.15) is 0 Å². The van der Waals surface area contributed by atoms with Crippen LogP contribution < -0.4 is 5.32 Å². The van der Waals surface area contributed by atoms with Crippen molar-refractivity contribution in [1.29, 1.82) is 0 Å². The van der Waals surface area contributed by atoms with Gasteiger partial charge in [0, 0.05) is 51.2 Å². The molecular weight excluding hydrogens is 268 g/mol. The van der Waals surface area contributed by atoms with E-state index >= 15 is 0 Å². The summed E-state index contributed by atoms with van der Waals surface area (Å²) in [6.07, 6.45) is 4.60. The number of amides is 3. The van der Waals surface area contributed by atoms with Crippen molar-refractivity contribution >= 4 is 11.9 Å². The smallest absolute Gasteiger partial charge is 0.320 e. The zero-order chi connectivity index (χ0) is 14.9. The first kappa shape index (κ1) is 14.6. The Morgan fingerprint density at radius 2 is 1.86 bits per heavy atom. The highest BCUT2D eigenvalue weighted by molar-refractivity contribution is 5.77. The van der Waals surface area contributed by atoms with E-state index in [1.165, 1.54) is 0 Å². The van der Waals surface area contributed by atoms with Gasteiger partial charge in [-0.25, -0.2) is 4.79 Å². The van der Waals surface area contributed by atoms with E-state index < -0.39 is 0 Å². The molecule has 3 rings (SSSR count). The molecule has 0 aromatic rings. The van der Waals surface area contributed by atoms with Crippen LogP contribution in [0.1, 0.15) is 32.1 Å². The Labute approximate surface area is 126 Å². The molecule has 6 heteroatoms. The molecule has 21 heavy (non-hydrogen) atoms. The lowest BCUT2D eigenvalue weighted by Gasteiger charge is -2.49. The predicted octanol–water partition coefficient (Wildman–Crippen LogP) is 0.489. The number of nitrogens with one attached hydrogen (secondary N) is 1. The van der Waals surface area contributed by atoms with Crippen LogP contribution in [0, 0.1) is 0 Å². The monoisotopic (exact) mass is 294 g/mol. The molecule has 0 bridgehead atoms. The van der Waals surface area contributed by atoms with Gasteiger partial charge in [0.25, 0.3) is 0 Å². The number of likely N-dealkylation sites (tertiary alicyclic amines) is 1. The topological polar surface area (TPSA) is 55.9 Å². The summed E-state index contributed by atoms with van der Waals surface area (Å²) in [7, 11) is 2.13. The normalized spacial score (nSPS) is 31.4. The van der Waals surface area contributed by atoms with Crippen LogP contribution in [-0.2, 0) is 4.79 Å². The minimum atomic E-state index is -0.0349. The van der Waals surface area contributed by atoms with Crippen molar-refractivity contribution in [3.8, 4) is 0 Å². The standard InChI is InChI=1S/C15H26N4O2/c1-17-10-11-19(14(21)18-8-2-3-9-18)12-15(17)5-4-13(20)16-7-6-15/h2-12H2,1H3,(H,16,20)/t15-/m0/s1. The largest absolute Gasteiger partial charge is 0.356 e. The number of likely N-dealkylation sites (N-methyl/N-ethyl adjacent to an activating group) is 1. The lowest BCUT2D eigenvalue weighted by molar-refractivity contribution is -0.121. The third-order valence-electron chi connectivity index (χ3n) is 5.38. The van der Waals surface area contributed by atoms with Gasteiger partial charge in [0.2, 0.25) is 5.91 Å². The highest BCUT2D eigenvalue weighted by Crippen LogP contribution is 2.31. The molecule has 3 fully saturated rings. The van der Waals surface area contributed by atoms with Crippen LogP contribution >= 0.6 is 0 Å². The Hall–Kier alpha value is -1.30. The molecule has 1 spiro atoms. The first-order valence-corrected chi connectivity index (χ1v) is 8.13. The molecule has 1 atom stereocenters. The Balaban J connectivity index is 1.71. The molecule has 3 heterocycles. The van der Waals surface area contributed by atoms with Gasteiger partial charge >= 0.3 is 6.03 Å². The zero-order valence-electron chi connectivity index (χ0n) is 12.9. The third kappa shape index (κ3) is 2.86. The number of nitrogens with zero attached hydrogens (tertiary/aromatic N) is 3. The van der Waals surface area contributed by atoms with E-state index in [9.17, 15) is 9.59 Å². The number of carbonyl (C=O) groups is 2. The predicted molar refractivity (Wildman–Crippen MR) is 80.0 cm³/mol. The first-order chi connectivity index (χ1) is 10.1. The van der Waals surface area contributed by atoms with Crippen molar-refractivity contribution in [2.75, 3.05) is 46.3 Å². The molecule has 0 aromatic heterocycles. The van der Waals surface area contributed by atoms with E-state index in [-0.39, 0.29) is 17.5 Å². The molecule has 3 amide bonds. The van der Waals surface area contributed by atoms with E-state index in [1.807, 2.05) is 9.80 Å². The summed E-state index contributed by atoms with van der Waals surface area (Å²) >= 11 is 0. The van der Waals surface area contributed by atoms with Crippen LogP contribution in [0.15, 0.2) is 0 Å². The van der Waals surface area contributed by atoms with Gasteiger partial charge in [-0.05, 0) is 32.7 Å². The zero-order valence-corrected chi connectivity index (χ0v) is 12.9. The quantitative estimate of drug-likeness (QED) is 0.707. The summed E-state index contributed by atoms with van der Waals surface area (Å²) in [5.74, 6) is 0.142. The summed E-state index contributed by atoms with van der Waals surface area (Å²) in [4.78, 5) is 30.6. The molecule has 0 aromatic carbocycles. The number of hydrogen-bond acceptors (Lipinski definition) is 3. The lowest BCUT2D eigenvalue weighted by atomic mass is 9.86. The van der Waals surface area contributed by atoms with Crippen molar-refractivity contribution in [1.82, 2.24) is 20.0 Å². The number of piperazine rings is 1. The van der Waals surface area contributed by atoms with Crippen molar-refractivity contribution in [2.24, 2.45) is 0 Å². The van der Waals surface area contributed by atoms with Gasteiger partial charge in [0.05, 0.1) is 0 Å². The molecule has 0 saturated carbocycles. The maximum atomic E-state index is 12.6. The second-order valence-corrected chi connectivity index (χ2v) is 6.64.